The summed E-state index contributed by atoms with van der Waals surface area (Å²) in [7, 11) is 1.71. The van der Waals surface area contributed by atoms with Crippen LogP contribution in [-0.2, 0) is 30.9 Å². The molecule has 32 atom stereocenters. The van der Waals surface area contributed by atoms with E-state index in [9.17, 15) is 29.2 Å². The van der Waals surface area contributed by atoms with Gasteiger partial charge in [-0.15, -0.1) is 40.8 Å². The number of alkyl halides is 2. The zero-order valence-corrected chi connectivity index (χ0v) is 74.8. The van der Waals surface area contributed by atoms with Gasteiger partial charge in [0.2, 0.25) is 0 Å². The van der Waals surface area contributed by atoms with Crippen molar-refractivity contribution in [1.29, 1.82) is 0 Å². The Bertz CT molecular complexity index is 4450. The predicted octanol–water partition coefficient (Wildman–Crippen LogP) is 18.1. The maximum Gasteiger partial charge on any atom is 0.266 e. The van der Waals surface area contributed by atoms with Gasteiger partial charge >= 0.3 is 0 Å². The highest BCUT2D eigenvalue weighted by Gasteiger charge is 2.64. The SMILES string of the molecule is C.C=C(Cn1ncnn1)[C@H]1CC[C@H]2[C@@H]3CC[C@H]4C[C@@](O)(C#CC5CC5)CC[C@@H]4[C@H]3CC[C@]12C.C=C(Cn1ncnn1)[C@H]1CC[C@H]2[C@@H]3CC[C@H]4C[C@@](O)(C#CCl)CC[C@@H]4[C@H]3CC[C@]12C.C=C(Cn1ncnn1)[C@H]1CC[C@H]2[C@@H]3CC[C@H]4C[C@@](O)(C(F)F)CC[C@@H]4[C@H]3CC[C@]12C.C=C(Cn1ncnn1)[C@H]1CC[C@H]2[C@@H]3CC[C@H]4C[C@@](O)(COC)CC[C@@H]4[C@H]3CC[C@]12C. The van der Waals surface area contributed by atoms with Crippen molar-refractivity contribution in [1.82, 2.24) is 80.8 Å². The second kappa shape index (κ2) is 35.6. The number of hydrogen-bond donors (Lipinski definition) is 4. The molecule has 4 aromatic heterocycles. The second-order valence-corrected chi connectivity index (χ2v) is 45.0. The quantitative estimate of drug-likeness (QED) is 0.0636. The fourth-order valence-corrected chi connectivity index (χ4v) is 34.1. The van der Waals surface area contributed by atoms with E-state index in [1.165, 1.54) is 215 Å². The van der Waals surface area contributed by atoms with Gasteiger partial charge in [-0.1, -0.05) is 101 Å². The summed E-state index contributed by atoms with van der Waals surface area (Å²) in [6, 6.07) is 0. The van der Waals surface area contributed by atoms with Gasteiger partial charge in [-0.3, -0.25) is 0 Å². The van der Waals surface area contributed by atoms with Gasteiger partial charge in [0, 0.05) is 18.4 Å². The largest absolute Gasteiger partial charge is 0.387 e. The standard InChI is InChI=1S/C27H38N4O.C24H33ClN4O.C24H38N4O2.C23H34F2N4O.CH4/c1-18(16-31-29-17-28-30-31)24-7-8-25-23-6-5-20-15-27(32,13-9-19-3-4-19)14-11-21(20)22(23)10-12-26(24,25)2;1-16(14-29-27-15-26-28-29)21-5-6-22-20-4-3-17-13-24(30,11-12-25)10-8-18(17)19(20)7-9-23(21,22)2;1-16(13-28-26-15-25-27-28)21-6-7-22-20-5-4-17-12-24(29,14-30-3)11-9-18(17)19(20)8-10-23(21,22)2;1-14(12-29-27-13-26-28-29)19-5-6-20-18-4-3-15-11-23(30,21(24)25)10-8-16(15)17(18)7-9-22(19,20)2;/h17,19-25,32H,1,3-8,10-12,14-16H2,2H3;15,17-22,30H,1,3-10,13-14H2,2H3;15,17-22,29H,1,4-14H2,2-3H3;13,15-21,30H,1,3-12H2,2H3;1H4/t20-,21-,22+,23+,24+,25-,26+,27+;17-,18-,19+,20+,21+,22-,23+,24-;17-,18-,19+,20+,21+,22-,23+,24+;15-,16-,17+,18+,19+,20-,22+,23+;/m0000./s1. The average Bonchev–Trinajstić information content (AvgIpc) is 1.35. The molecule has 17 aliphatic rings. The summed E-state index contributed by atoms with van der Waals surface area (Å²) in [4.78, 5) is 6.66. The molecule has 4 heterocycles. The fourth-order valence-electron chi connectivity index (χ4n) is 33.9. The lowest BCUT2D eigenvalue weighted by atomic mass is 9.48. The number of methoxy groups -OCH3 is 1. The van der Waals surface area contributed by atoms with Crippen molar-refractivity contribution in [2.75, 3.05) is 13.7 Å². The van der Waals surface area contributed by atoms with Crippen LogP contribution in [0.15, 0.2) is 73.9 Å². The zero-order chi connectivity index (χ0) is 84.9. The Morgan fingerprint density at radius 1 is 0.390 bits per heavy atom. The summed E-state index contributed by atoms with van der Waals surface area (Å²) in [5.41, 5.74) is 2.53. The highest BCUT2D eigenvalue weighted by molar-refractivity contribution is 6.30. The van der Waals surface area contributed by atoms with Crippen molar-refractivity contribution in [2.24, 2.45) is 170 Å². The van der Waals surface area contributed by atoms with Crippen LogP contribution in [0.3, 0.4) is 0 Å². The molecule has 24 heteroatoms. The summed E-state index contributed by atoms with van der Waals surface area (Å²) in [6.07, 6.45) is 46.4. The maximum atomic E-state index is 13.4. The first-order valence-electron chi connectivity index (χ1n) is 48.5. The molecule has 4 N–H and O–H groups in total. The first kappa shape index (κ1) is 89.3. The molecule has 21 rings (SSSR count). The van der Waals surface area contributed by atoms with Crippen LogP contribution in [0.4, 0.5) is 8.78 Å². The van der Waals surface area contributed by atoms with E-state index in [4.69, 9.17) is 16.3 Å². The van der Waals surface area contributed by atoms with Gasteiger partial charge in [0.1, 0.15) is 16.8 Å². The lowest BCUT2D eigenvalue weighted by Crippen LogP contribution is -2.52. The molecular weight excluding hydrogens is 1570 g/mol. The zero-order valence-electron chi connectivity index (χ0n) is 74.0. The van der Waals surface area contributed by atoms with Crippen LogP contribution < -0.4 is 0 Å². The summed E-state index contributed by atoms with van der Waals surface area (Å²) in [5.74, 6) is 27.1. The third-order valence-corrected chi connectivity index (χ3v) is 39.4. The molecule has 674 valence electrons. The number of aliphatic hydroxyl groups is 4. The van der Waals surface area contributed by atoms with Crippen LogP contribution in [0.5, 0.6) is 0 Å². The number of tetrazole rings is 4. The third-order valence-electron chi connectivity index (χ3n) is 39.3. The smallest absolute Gasteiger partial charge is 0.266 e. The maximum absolute atomic E-state index is 13.4. The van der Waals surface area contributed by atoms with Crippen LogP contribution in [0.25, 0.3) is 0 Å². The third kappa shape index (κ3) is 17.2. The van der Waals surface area contributed by atoms with Crippen molar-refractivity contribution in [3.63, 3.8) is 0 Å². The summed E-state index contributed by atoms with van der Waals surface area (Å²) < 4.78 is 32.1. The Labute approximate surface area is 736 Å². The molecule has 17 fully saturated rings. The highest BCUT2D eigenvalue weighted by atomic mass is 35.5. The van der Waals surface area contributed by atoms with Crippen LogP contribution in [0.2, 0.25) is 0 Å². The van der Waals surface area contributed by atoms with Gasteiger partial charge < -0.3 is 25.2 Å². The van der Waals surface area contributed by atoms with Crippen LogP contribution in [0, 0.1) is 193 Å². The van der Waals surface area contributed by atoms with E-state index in [-0.39, 0.29) is 25.2 Å². The van der Waals surface area contributed by atoms with Gasteiger partial charge in [0.05, 0.1) is 38.4 Å². The summed E-state index contributed by atoms with van der Waals surface area (Å²) >= 11 is 5.63. The Hall–Kier alpha value is -5.69. The Morgan fingerprint density at radius 2 is 0.699 bits per heavy atom. The Balaban J connectivity index is 0.000000116. The Kier molecular flexibility index (Phi) is 25.9. The van der Waals surface area contributed by atoms with Crippen molar-refractivity contribution >= 4 is 11.6 Å². The molecule has 123 heavy (non-hydrogen) atoms. The average molecular weight is 1710 g/mol. The minimum Gasteiger partial charge on any atom is -0.387 e. The minimum atomic E-state index is -2.62. The van der Waals surface area contributed by atoms with E-state index >= 15 is 0 Å². The molecule has 0 spiro atoms. The first-order valence-corrected chi connectivity index (χ1v) is 48.9. The number of hydrogen-bond acceptors (Lipinski definition) is 17. The summed E-state index contributed by atoms with van der Waals surface area (Å²) in [6.45, 7) is 31.2. The van der Waals surface area contributed by atoms with Gasteiger partial charge in [-0.25, -0.2) is 8.78 Å². The van der Waals surface area contributed by atoms with Crippen molar-refractivity contribution in [2.45, 2.75) is 334 Å². The van der Waals surface area contributed by atoms with Gasteiger partial charge in [0.25, 0.3) is 6.43 Å². The molecule has 0 aliphatic heterocycles. The molecule has 17 saturated carbocycles. The number of ether oxygens (including phenoxy) is 1. The van der Waals surface area contributed by atoms with E-state index in [1.54, 1.807) is 26.3 Å². The predicted molar refractivity (Wildman–Crippen MR) is 469 cm³/mol. The van der Waals surface area contributed by atoms with E-state index in [2.05, 4.69) is 139 Å². The number of allylic oxidation sites excluding steroid dienone is 4. The fraction of sp³-hybridized carbons (Fsp3) is 0.838. The molecule has 0 aromatic carbocycles. The highest BCUT2D eigenvalue weighted by Crippen LogP contribution is 2.71. The van der Waals surface area contributed by atoms with Crippen LogP contribution >= 0.6 is 11.6 Å². The van der Waals surface area contributed by atoms with Gasteiger partial charge in [0.15, 0.2) is 25.3 Å². The van der Waals surface area contributed by atoms with Gasteiger partial charge in [-0.2, -0.15) is 19.2 Å². The molecule has 21 nitrogen and oxygen atoms in total. The molecule has 0 amide bonds. The van der Waals surface area contributed by atoms with Crippen molar-refractivity contribution < 1.29 is 33.9 Å². The molecule has 0 saturated heterocycles. The lowest BCUT2D eigenvalue weighted by Gasteiger charge is -2.57. The number of nitrogens with zero attached hydrogens (tertiary/aromatic N) is 16. The normalized spacial score (nSPS) is 44.9. The Morgan fingerprint density at radius 3 is 1.01 bits per heavy atom. The minimum absolute atomic E-state index is 0. The molecule has 0 radical (unpaired) electrons. The number of rotatable bonds is 15. The van der Waals surface area contributed by atoms with Crippen molar-refractivity contribution in [3.8, 4) is 23.1 Å². The van der Waals surface area contributed by atoms with E-state index in [0.717, 1.165) is 135 Å². The number of fused-ring (bicyclic) bond motifs is 20. The van der Waals surface area contributed by atoms with Crippen molar-refractivity contribution in [3.05, 3.63) is 73.9 Å². The molecule has 4 aromatic rings. The van der Waals surface area contributed by atoms with E-state index in [1.807, 2.05) is 0 Å². The van der Waals surface area contributed by atoms with Crippen LogP contribution in [-0.4, -0.2) is 144 Å². The monoisotopic (exact) mass is 1710 g/mol. The second-order valence-electron chi connectivity index (χ2n) is 44.8. The molecule has 0 bridgehead atoms. The first-order chi connectivity index (χ1) is 58.6. The van der Waals surface area contributed by atoms with E-state index < -0.39 is 28.8 Å². The van der Waals surface area contributed by atoms with E-state index in [0.29, 0.717) is 126 Å². The van der Waals surface area contributed by atoms with Crippen LogP contribution in [0.1, 0.15) is 279 Å². The number of aromatic nitrogens is 16. The molecule has 17 aliphatic carbocycles. The van der Waals surface area contributed by atoms with Gasteiger partial charge in [-0.05, 0) is 440 Å². The molecule has 0 unspecified atom stereocenters. The number of halogens is 3. The summed E-state index contributed by atoms with van der Waals surface area (Å²) in [5, 5.41) is 94.1. The lowest BCUT2D eigenvalue weighted by molar-refractivity contribution is -0.159. The molecular formula is C99H147ClF2N16O5. The topological polar surface area (TPSA) is 265 Å².